The maximum Gasteiger partial charge on any atom is 0.239 e. The molecule has 1 atom stereocenters. The van der Waals surface area contributed by atoms with Gasteiger partial charge < -0.3 is 10.6 Å². The molecule has 18 heavy (non-hydrogen) atoms. The minimum Gasteiger partial charge on any atom is -0.337 e. The van der Waals surface area contributed by atoms with E-state index in [9.17, 15) is 4.79 Å². The molecule has 0 saturated heterocycles. The molecule has 0 aliphatic heterocycles. The van der Waals surface area contributed by atoms with Crippen LogP contribution in [-0.4, -0.2) is 23.4 Å². The molecule has 0 bridgehead atoms. The van der Waals surface area contributed by atoms with Crippen molar-refractivity contribution in [3.05, 3.63) is 34.9 Å². The Kier molecular flexibility index (Phi) is 6.16. The van der Waals surface area contributed by atoms with E-state index in [-0.39, 0.29) is 5.91 Å². The number of halogens is 1. The third-order valence-electron chi connectivity index (χ3n) is 2.93. The third-order valence-corrected chi connectivity index (χ3v) is 3.30. The van der Waals surface area contributed by atoms with Crippen LogP contribution >= 0.6 is 11.6 Å². The van der Waals surface area contributed by atoms with Crippen molar-refractivity contribution in [3.8, 4) is 0 Å². The molecule has 0 unspecified atom stereocenters. The lowest BCUT2D eigenvalue weighted by Gasteiger charge is -2.24. The van der Waals surface area contributed by atoms with Gasteiger partial charge in [0.2, 0.25) is 5.91 Å². The summed E-state index contributed by atoms with van der Waals surface area (Å²) in [6.45, 7) is 5.14. The highest BCUT2D eigenvalue weighted by Crippen LogP contribution is 2.17. The Hall–Kier alpha value is -1.06. The predicted octanol–water partition coefficient (Wildman–Crippen LogP) is 2.82. The van der Waals surface area contributed by atoms with Crippen molar-refractivity contribution in [3.63, 3.8) is 0 Å². The second-order valence-corrected chi connectivity index (χ2v) is 4.75. The van der Waals surface area contributed by atoms with E-state index in [1.54, 1.807) is 4.90 Å². The van der Waals surface area contributed by atoms with Gasteiger partial charge in [0.05, 0.1) is 6.04 Å². The number of likely N-dealkylation sites (N-methyl/N-ethyl adjacent to an activating group) is 1. The summed E-state index contributed by atoms with van der Waals surface area (Å²) in [4.78, 5) is 13.9. The Labute approximate surface area is 114 Å². The van der Waals surface area contributed by atoms with Gasteiger partial charge in [-0.3, -0.25) is 4.79 Å². The predicted molar refractivity (Wildman–Crippen MR) is 75.4 cm³/mol. The number of benzene rings is 1. The van der Waals surface area contributed by atoms with Crippen LogP contribution in [0.25, 0.3) is 0 Å². The van der Waals surface area contributed by atoms with Gasteiger partial charge in [-0.25, -0.2) is 0 Å². The van der Waals surface area contributed by atoms with E-state index in [1.807, 2.05) is 38.1 Å². The molecular weight excluding hydrogens is 248 g/mol. The van der Waals surface area contributed by atoms with Crippen LogP contribution in [0, 0.1) is 0 Å². The van der Waals surface area contributed by atoms with Crippen molar-refractivity contribution in [2.75, 3.05) is 6.54 Å². The van der Waals surface area contributed by atoms with Gasteiger partial charge >= 0.3 is 0 Å². The van der Waals surface area contributed by atoms with E-state index in [2.05, 4.69) is 0 Å². The van der Waals surface area contributed by atoms with E-state index < -0.39 is 6.04 Å². The van der Waals surface area contributed by atoms with Crippen LogP contribution in [0.5, 0.6) is 0 Å². The summed E-state index contributed by atoms with van der Waals surface area (Å²) in [6.07, 6.45) is 1.63. The van der Waals surface area contributed by atoms with Crippen LogP contribution in [0.4, 0.5) is 0 Å². The van der Waals surface area contributed by atoms with Crippen LogP contribution in [-0.2, 0) is 11.3 Å². The molecule has 1 rings (SSSR count). The zero-order valence-electron chi connectivity index (χ0n) is 11.0. The van der Waals surface area contributed by atoms with Crippen molar-refractivity contribution in [1.82, 2.24) is 4.90 Å². The smallest absolute Gasteiger partial charge is 0.239 e. The first-order valence-corrected chi connectivity index (χ1v) is 6.75. The number of hydrogen-bond donors (Lipinski definition) is 1. The van der Waals surface area contributed by atoms with E-state index >= 15 is 0 Å². The molecular formula is C14H21ClN2O. The first kappa shape index (κ1) is 15.0. The average Bonchev–Trinajstić information content (AvgIpc) is 2.37. The number of hydrogen-bond acceptors (Lipinski definition) is 2. The van der Waals surface area contributed by atoms with E-state index in [0.29, 0.717) is 18.1 Å². The standard InChI is InChI=1S/C14H21ClN2O/c1-3-7-13(16)14(18)17(4-2)10-11-8-5-6-9-12(11)15/h5-6,8-9,13H,3-4,7,10,16H2,1-2H3/t13-/m0/s1. The van der Waals surface area contributed by atoms with Crippen LogP contribution < -0.4 is 5.73 Å². The number of nitrogens with two attached hydrogens (primary N) is 1. The molecule has 1 aromatic rings. The van der Waals surface area contributed by atoms with Gasteiger partial charge in [-0.05, 0) is 25.0 Å². The quantitative estimate of drug-likeness (QED) is 0.862. The van der Waals surface area contributed by atoms with Crippen molar-refractivity contribution in [2.24, 2.45) is 5.73 Å². The Bertz CT molecular complexity index is 395. The maximum absolute atomic E-state index is 12.1. The zero-order chi connectivity index (χ0) is 13.5. The molecule has 1 aromatic carbocycles. The number of nitrogens with zero attached hydrogens (tertiary/aromatic N) is 1. The molecule has 2 N–H and O–H groups in total. The first-order chi connectivity index (χ1) is 8.60. The summed E-state index contributed by atoms with van der Waals surface area (Å²) in [5, 5.41) is 0.688. The number of carbonyl (C=O) groups is 1. The third kappa shape index (κ3) is 4.00. The van der Waals surface area contributed by atoms with Gasteiger partial charge in [-0.2, -0.15) is 0 Å². The van der Waals surface area contributed by atoms with Crippen molar-refractivity contribution in [1.29, 1.82) is 0 Å². The topological polar surface area (TPSA) is 46.3 Å². The number of carbonyl (C=O) groups excluding carboxylic acids is 1. The minimum atomic E-state index is -0.405. The van der Waals surface area contributed by atoms with Crippen molar-refractivity contribution >= 4 is 17.5 Å². The van der Waals surface area contributed by atoms with E-state index in [4.69, 9.17) is 17.3 Å². The molecule has 0 radical (unpaired) electrons. The highest BCUT2D eigenvalue weighted by molar-refractivity contribution is 6.31. The van der Waals surface area contributed by atoms with Crippen LogP contribution in [0.2, 0.25) is 5.02 Å². The van der Waals surface area contributed by atoms with Gasteiger partial charge in [0.15, 0.2) is 0 Å². The van der Waals surface area contributed by atoms with Crippen LogP contribution in [0.15, 0.2) is 24.3 Å². The largest absolute Gasteiger partial charge is 0.337 e. The lowest BCUT2D eigenvalue weighted by molar-refractivity contribution is -0.133. The fraction of sp³-hybridized carbons (Fsp3) is 0.500. The Morgan fingerprint density at radius 1 is 1.39 bits per heavy atom. The van der Waals surface area contributed by atoms with Gasteiger partial charge in [0.25, 0.3) is 0 Å². The molecule has 1 amide bonds. The summed E-state index contributed by atoms with van der Waals surface area (Å²) in [5.41, 5.74) is 6.83. The molecule has 4 heteroatoms. The lowest BCUT2D eigenvalue weighted by Crippen LogP contribution is -2.43. The van der Waals surface area contributed by atoms with E-state index in [1.165, 1.54) is 0 Å². The SMILES string of the molecule is CCC[C@H](N)C(=O)N(CC)Cc1ccccc1Cl. The molecule has 0 aliphatic rings. The summed E-state index contributed by atoms with van der Waals surface area (Å²) in [5.74, 6) is -0.000676. The van der Waals surface area contributed by atoms with Crippen molar-refractivity contribution < 1.29 is 4.79 Å². The van der Waals surface area contributed by atoms with Crippen LogP contribution in [0.1, 0.15) is 32.3 Å². The Morgan fingerprint density at radius 3 is 2.61 bits per heavy atom. The molecule has 3 nitrogen and oxygen atoms in total. The van der Waals surface area contributed by atoms with Gasteiger partial charge in [-0.15, -0.1) is 0 Å². The summed E-state index contributed by atoms with van der Waals surface area (Å²) >= 11 is 6.10. The zero-order valence-corrected chi connectivity index (χ0v) is 11.8. The Morgan fingerprint density at radius 2 is 2.06 bits per heavy atom. The molecule has 0 aliphatic carbocycles. The molecule has 0 saturated carbocycles. The normalized spacial score (nSPS) is 12.2. The highest BCUT2D eigenvalue weighted by atomic mass is 35.5. The molecule has 0 heterocycles. The number of rotatable bonds is 6. The molecule has 100 valence electrons. The number of amides is 1. The Balaban J connectivity index is 2.73. The maximum atomic E-state index is 12.1. The highest BCUT2D eigenvalue weighted by Gasteiger charge is 2.19. The van der Waals surface area contributed by atoms with Gasteiger partial charge in [0.1, 0.15) is 0 Å². The molecule has 0 spiro atoms. The van der Waals surface area contributed by atoms with E-state index in [0.717, 1.165) is 18.4 Å². The fourth-order valence-corrected chi connectivity index (χ4v) is 2.04. The second-order valence-electron chi connectivity index (χ2n) is 4.34. The second kappa shape index (κ2) is 7.39. The summed E-state index contributed by atoms with van der Waals surface area (Å²) < 4.78 is 0. The monoisotopic (exact) mass is 268 g/mol. The fourth-order valence-electron chi connectivity index (χ4n) is 1.85. The van der Waals surface area contributed by atoms with Crippen molar-refractivity contribution in [2.45, 2.75) is 39.3 Å². The molecule has 0 fully saturated rings. The minimum absolute atomic E-state index is 0.000676. The summed E-state index contributed by atoms with van der Waals surface area (Å²) in [6, 6.07) is 7.17. The summed E-state index contributed by atoms with van der Waals surface area (Å²) in [7, 11) is 0. The molecule has 0 aromatic heterocycles. The lowest BCUT2D eigenvalue weighted by atomic mass is 10.1. The average molecular weight is 269 g/mol. The van der Waals surface area contributed by atoms with Gasteiger partial charge in [0, 0.05) is 18.1 Å². The first-order valence-electron chi connectivity index (χ1n) is 6.37. The van der Waals surface area contributed by atoms with Gasteiger partial charge in [-0.1, -0.05) is 43.1 Å². The van der Waals surface area contributed by atoms with Crippen LogP contribution in [0.3, 0.4) is 0 Å².